The number of para-hydroxylation sites is 2. The molecule has 132 valence electrons. The Kier molecular flexibility index (Phi) is 5.33. The first-order valence-electron chi connectivity index (χ1n) is 8.39. The fourth-order valence-corrected chi connectivity index (χ4v) is 2.60. The van der Waals surface area contributed by atoms with Gasteiger partial charge in [0.25, 0.3) is 11.8 Å². The van der Waals surface area contributed by atoms with E-state index in [2.05, 4.69) is 15.3 Å². The zero-order valence-corrected chi connectivity index (χ0v) is 14.4. The zero-order chi connectivity index (χ0) is 17.6. The molecule has 1 aromatic heterocycles. The lowest BCUT2D eigenvalue weighted by Crippen LogP contribution is -2.39. The van der Waals surface area contributed by atoms with Gasteiger partial charge >= 0.3 is 0 Å². The molecule has 1 aromatic carbocycles. The molecular weight excluding hydrogens is 320 g/mol. The molecule has 3 rings (SSSR count). The van der Waals surface area contributed by atoms with Crippen LogP contribution in [0.1, 0.15) is 20.3 Å². The van der Waals surface area contributed by atoms with Gasteiger partial charge in [-0.15, -0.1) is 0 Å². The van der Waals surface area contributed by atoms with Gasteiger partial charge in [0.05, 0.1) is 11.8 Å². The first-order chi connectivity index (χ1) is 12.1. The number of hydrogen-bond acceptors (Lipinski definition) is 6. The molecule has 1 aliphatic rings. The molecule has 25 heavy (non-hydrogen) atoms. The molecule has 0 unspecified atom stereocenters. The van der Waals surface area contributed by atoms with Crippen molar-refractivity contribution in [3.8, 4) is 11.6 Å². The van der Waals surface area contributed by atoms with Crippen molar-refractivity contribution in [2.45, 2.75) is 26.4 Å². The van der Waals surface area contributed by atoms with E-state index in [1.807, 2.05) is 38.1 Å². The standard InChI is InChI=1S/C18H22N4O3/c1-13(2)25-18-17(20-9-10-21-18)19-8-5-11-22-14-6-3-4-7-15(14)24-12-16(22)23/h3-4,6-7,9-10,13H,5,8,11-12H2,1-2H3,(H,19,20). The summed E-state index contributed by atoms with van der Waals surface area (Å²) in [6, 6.07) is 7.58. The van der Waals surface area contributed by atoms with Gasteiger partial charge in [-0.05, 0) is 32.4 Å². The average molecular weight is 342 g/mol. The van der Waals surface area contributed by atoms with Crippen molar-refractivity contribution in [3.63, 3.8) is 0 Å². The molecule has 0 aliphatic carbocycles. The fraction of sp³-hybridized carbons (Fsp3) is 0.389. The van der Waals surface area contributed by atoms with E-state index in [0.29, 0.717) is 24.8 Å². The summed E-state index contributed by atoms with van der Waals surface area (Å²) in [6.07, 6.45) is 4.01. The number of aromatic nitrogens is 2. The lowest BCUT2D eigenvalue weighted by atomic mass is 10.2. The molecule has 7 nitrogen and oxygen atoms in total. The molecule has 0 fully saturated rings. The molecule has 0 radical (unpaired) electrons. The molecular formula is C18H22N4O3. The van der Waals surface area contributed by atoms with Crippen LogP contribution in [0.5, 0.6) is 11.6 Å². The third-order valence-electron chi connectivity index (χ3n) is 3.67. The van der Waals surface area contributed by atoms with Crippen LogP contribution in [0.3, 0.4) is 0 Å². The van der Waals surface area contributed by atoms with Crippen molar-refractivity contribution in [2.24, 2.45) is 0 Å². The number of amides is 1. The largest absolute Gasteiger partial charge is 0.482 e. The molecule has 0 bridgehead atoms. The third-order valence-corrected chi connectivity index (χ3v) is 3.67. The maximum atomic E-state index is 12.1. The van der Waals surface area contributed by atoms with Gasteiger partial charge in [0.15, 0.2) is 12.4 Å². The smallest absolute Gasteiger partial charge is 0.265 e. The minimum Gasteiger partial charge on any atom is -0.482 e. The van der Waals surface area contributed by atoms with Crippen molar-refractivity contribution in [1.82, 2.24) is 9.97 Å². The van der Waals surface area contributed by atoms with E-state index in [0.717, 1.165) is 17.9 Å². The van der Waals surface area contributed by atoms with Gasteiger partial charge in [0, 0.05) is 25.5 Å². The number of carbonyl (C=O) groups excluding carboxylic acids is 1. The van der Waals surface area contributed by atoms with Crippen molar-refractivity contribution in [2.75, 3.05) is 29.9 Å². The molecule has 0 spiro atoms. The van der Waals surface area contributed by atoms with Crippen LogP contribution in [0.4, 0.5) is 11.5 Å². The number of carbonyl (C=O) groups is 1. The molecule has 1 aliphatic heterocycles. The molecule has 2 heterocycles. The van der Waals surface area contributed by atoms with E-state index < -0.39 is 0 Å². The highest BCUT2D eigenvalue weighted by Crippen LogP contribution is 2.31. The van der Waals surface area contributed by atoms with Crippen molar-refractivity contribution < 1.29 is 14.3 Å². The number of nitrogens with zero attached hydrogens (tertiary/aromatic N) is 3. The molecule has 1 N–H and O–H groups in total. The first-order valence-corrected chi connectivity index (χ1v) is 8.39. The van der Waals surface area contributed by atoms with Crippen LogP contribution in [-0.4, -0.2) is 41.7 Å². The summed E-state index contributed by atoms with van der Waals surface area (Å²) in [5.41, 5.74) is 0.821. The van der Waals surface area contributed by atoms with Gasteiger partial charge in [0.2, 0.25) is 0 Å². The molecule has 7 heteroatoms. The van der Waals surface area contributed by atoms with Crippen LogP contribution >= 0.6 is 0 Å². The van der Waals surface area contributed by atoms with Gasteiger partial charge in [0.1, 0.15) is 5.75 Å². The Morgan fingerprint density at radius 3 is 2.92 bits per heavy atom. The second-order valence-electron chi connectivity index (χ2n) is 5.96. The van der Waals surface area contributed by atoms with Crippen molar-refractivity contribution in [3.05, 3.63) is 36.7 Å². The van der Waals surface area contributed by atoms with E-state index in [4.69, 9.17) is 9.47 Å². The van der Waals surface area contributed by atoms with Crippen molar-refractivity contribution in [1.29, 1.82) is 0 Å². The zero-order valence-electron chi connectivity index (χ0n) is 14.4. The predicted octanol–water partition coefficient (Wildman–Crippen LogP) is 2.49. The summed E-state index contributed by atoms with van der Waals surface area (Å²) in [5, 5.41) is 3.23. The predicted molar refractivity (Wildman–Crippen MR) is 95.2 cm³/mol. The lowest BCUT2D eigenvalue weighted by Gasteiger charge is -2.29. The van der Waals surface area contributed by atoms with Crippen LogP contribution in [0.2, 0.25) is 0 Å². The minimum absolute atomic E-state index is 0.0259. The summed E-state index contributed by atoms with van der Waals surface area (Å²) >= 11 is 0. The number of fused-ring (bicyclic) bond motifs is 1. The Bertz CT molecular complexity index is 736. The first kappa shape index (κ1) is 17.0. The third kappa shape index (κ3) is 4.17. The fourth-order valence-electron chi connectivity index (χ4n) is 2.60. The topological polar surface area (TPSA) is 76.6 Å². The number of nitrogens with one attached hydrogen (secondary N) is 1. The summed E-state index contributed by atoms with van der Waals surface area (Å²) in [6.45, 7) is 5.23. The second kappa shape index (κ2) is 7.83. The Morgan fingerprint density at radius 2 is 2.08 bits per heavy atom. The van der Waals surface area contributed by atoms with Gasteiger partial charge in [-0.2, -0.15) is 0 Å². The lowest BCUT2D eigenvalue weighted by molar-refractivity contribution is -0.121. The van der Waals surface area contributed by atoms with Gasteiger partial charge in [-0.1, -0.05) is 12.1 Å². The monoisotopic (exact) mass is 342 g/mol. The summed E-state index contributed by atoms with van der Waals surface area (Å²) in [7, 11) is 0. The quantitative estimate of drug-likeness (QED) is 0.779. The van der Waals surface area contributed by atoms with E-state index in [1.165, 1.54) is 0 Å². The SMILES string of the molecule is CC(C)Oc1nccnc1NCCCN1C(=O)COc2ccccc21. The van der Waals surface area contributed by atoms with E-state index >= 15 is 0 Å². The molecule has 0 saturated heterocycles. The Morgan fingerprint density at radius 1 is 1.28 bits per heavy atom. The molecule has 1 amide bonds. The average Bonchev–Trinajstić information content (AvgIpc) is 2.61. The maximum absolute atomic E-state index is 12.1. The molecule has 2 aromatic rings. The van der Waals surface area contributed by atoms with E-state index in [9.17, 15) is 4.79 Å². The minimum atomic E-state index is -0.0259. The Hall–Kier alpha value is -2.83. The van der Waals surface area contributed by atoms with Crippen LogP contribution < -0.4 is 19.7 Å². The Balaban J connectivity index is 1.57. The molecule has 0 atom stereocenters. The summed E-state index contributed by atoms with van der Waals surface area (Å²) < 4.78 is 11.1. The number of benzene rings is 1. The highest BCUT2D eigenvalue weighted by molar-refractivity contribution is 5.97. The second-order valence-corrected chi connectivity index (χ2v) is 5.96. The van der Waals surface area contributed by atoms with E-state index in [1.54, 1.807) is 17.3 Å². The van der Waals surface area contributed by atoms with Crippen LogP contribution in [0.15, 0.2) is 36.7 Å². The number of anilines is 2. The highest BCUT2D eigenvalue weighted by Gasteiger charge is 2.24. The maximum Gasteiger partial charge on any atom is 0.265 e. The number of ether oxygens (including phenoxy) is 2. The van der Waals surface area contributed by atoms with Gasteiger partial charge in [-0.25, -0.2) is 9.97 Å². The van der Waals surface area contributed by atoms with Gasteiger partial charge < -0.3 is 19.7 Å². The van der Waals surface area contributed by atoms with Crippen LogP contribution in [0.25, 0.3) is 0 Å². The van der Waals surface area contributed by atoms with E-state index in [-0.39, 0.29) is 18.6 Å². The van der Waals surface area contributed by atoms with Crippen molar-refractivity contribution >= 4 is 17.4 Å². The molecule has 0 saturated carbocycles. The summed E-state index contributed by atoms with van der Waals surface area (Å²) in [4.78, 5) is 22.4. The van der Waals surface area contributed by atoms with Gasteiger partial charge in [-0.3, -0.25) is 4.79 Å². The normalized spacial score (nSPS) is 13.4. The highest BCUT2D eigenvalue weighted by atomic mass is 16.5. The number of rotatable bonds is 7. The van der Waals surface area contributed by atoms with Crippen LogP contribution in [0, 0.1) is 0 Å². The van der Waals surface area contributed by atoms with Crippen LogP contribution in [-0.2, 0) is 4.79 Å². The Labute approximate surface area is 147 Å². The number of hydrogen-bond donors (Lipinski definition) is 1. The summed E-state index contributed by atoms with van der Waals surface area (Å²) in [5.74, 6) is 1.83.